The van der Waals surface area contributed by atoms with Crippen molar-refractivity contribution in [2.24, 2.45) is 5.92 Å². The summed E-state index contributed by atoms with van der Waals surface area (Å²) in [7, 11) is 0. The molecule has 118 valence electrons. The standard InChI is InChI=1S/C18H15Cl2NO2/c1-11-15(20)3-2-4-16(11)21-17(22)10-13(18(21)23)9-12-5-7-14(19)8-6-12/h2-8,13H,9-10H2,1H3/t13-/m1/s1. The van der Waals surface area contributed by atoms with Crippen molar-refractivity contribution in [3.63, 3.8) is 0 Å². The fourth-order valence-corrected chi connectivity index (χ4v) is 3.15. The summed E-state index contributed by atoms with van der Waals surface area (Å²) in [6.45, 7) is 1.81. The molecule has 2 aromatic carbocycles. The van der Waals surface area contributed by atoms with Crippen LogP contribution in [0.4, 0.5) is 5.69 Å². The largest absolute Gasteiger partial charge is 0.274 e. The summed E-state index contributed by atoms with van der Waals surface area (Å²) in [5.41, 5.74) is 2.30. The Hall–Kier alpha value is -1.84. The minimum Gasteiger partial charge on any atom is -0.274 e. The van der Waals surface area contributed by atoms with Crippen LogP contribution in [-0.4, -0.2) is 11.8 Å². The molecule has 0 aromatic heterocycles. The van der Waals surface area contributed by atoms with Crippen LogP contribution in [0.2, 0.25) is 10.0 Å². The average Bonchev–Trinajstić information content (AvgIpc) is 2.79. The zero-order chi connectivity index (χ0) is 16.6. The van der Waals surface area contributed by atoms with Gasteiger partial charge < -0.3 is 0 Å². The zero-order valence-electron chi connectivity index (χ0n) is 12.6. The fraction of sp³-hybridized carbons (Fsp3) is 0.222. The van der Waals surface area contributed by atoms with E-state index < -0.39 is 0 Å². The van der Waals surface area contributed by atoms with E-state index in [1.54, 1.807) is 30.3 Å². The Morgan fingerprint density at radius 2 is 1.78 bits per heavy atom. The van der Waals surface area contributed by atoms with Crippen molar-refractivity contribution in [2.75, 3.05) is 4.90 Å². The molecule has 0 aliphatic carbocycles. The number of rotatable bonds is 3. The molecule has 1 aliphatic heterocycles. The lowest BCUT2D eigenvalue weighted by molar-refractivity contribution is -0.122. The van der Waals surface area contributed by atoms with E-state index in [4.69, 9.17) is 23.2 Å². The molecule has 3 rings (SSSR count). The molecule has 23 heavy (non-hydrogen) atoms. The van der Waals surface area contributed by atoms with Gasteiger partial charge in [-0.15, -0.1) is 0 Å². The van der Waals surface area contributed by atoms with Gasteiger partial charge in [-0.25, -0.2) is 4.90 Å². The van der Waals surface area contributed by atoms with E-state index in [9.17, 15) is 9.59 Å². The predicted molar refractivity (Wildman–Crippen MR) is 91.9 cm³/mol. The van der Waals surface area contributed by atoms with E-state index in [1.165, 1.54) is 4.90 Å². The first-order valence-corrected chi connectivity index (χ1v) is 8.09. The lowest BCUT2D eigenvalue weighted by Gasteiger charge is -2.18. The number of benzene rings is 2. The van der Waals surface area contributed by atoms with E-state index in [-0.39, 0.29) is 24.2 Å². The molecule has 0 radical (unpaired) electrons. The number of anilines is 1. The summed E-state index contributed by atoms with van der Waals surface area (Å²) in [6, 6.07) is 12.6. The van der Waals surface area contributed by atoms with Crippen molar-refractivity contribution in [2.45, 2.75) is 19.8 Å². The second-order valence-corrected chi connectivity index (χ2v) is 6.53. The van der Waals surface area contributed by atoms with Crippen LogP contribution < -0.4 is 4.90 Å². The summed E-state index contributed by atoms with van der Waals surface area (Å²) in [5, 5.41) is 1.20. The Kier molecular flexibility index (Phi) is 4.42. The van der Waals surface area contributed by atoms with Gasteiger partial charge in [0.05, 0.1) is 11.6 Å². The van der Waals surface area contributed by atoms with Gasteiger partial charge in [-0.2, -0.15) is 0 Å². The van der Waals surface area contributed by atoms with Gasteiger partial charge in [0, 0.05) is 16.5 Å². The van der Waals surface area contributed by atoms with Crippen LogP contribution in [0.1, 0.15) is 17.5 Å². The van der Waals surface area contributed by atoms with Crippen LogP contribution in [0.5, 0.6) is 0 Å². The Bertz CT molecular complexity index is 771. The van der Waals surface area contributed by atoms with E-state index in [2.05, 4.69) is 0 Å². The molecule has 5 heteroatoms. The van der Waals surface area contributed by atoms with Crippen molar-refractivity contribution in [1.82, 2.24) is 0 Å². The number of amides is 2. The van der Waals surface area contributed by atoms with Gasteiger partial charge in [0.2, 0.25) is 11.8 Å². The Morgan fingerprint density at radius 1 is 1.09 bits per heavy atom. The molecule has 0 unspecified atom stereocenters. The summed E-state index contributed by atoms with van der Waals surface area (Å²) < 4.78 is 0. The fourth-order valence-electron chi connectivity index (χ4n) is 2.85. The predicted octanol–water partition coefficient (Wildman–Crippen LogP) is 4.42. The van der Waals surface area contributed by atoms with Gasteiger partial charge in [0.15, 0.2) is 0 Å². The molecule has 0 N–H and O–H groups in total. The minimum atomic E-state index is -0.345. The van der Waals surface area contributed by atoms with E-state index >= 15 is 0 Å². The first-order valence-electron chi connectivity index (χ1n) is 7.33. The number of imide groups is 1. The van der Waals surface area contributed by atoms with Crippen molar-refractivity contribution < 1.29 is 9.59 Å². The summed E-state index contributed by atoms with van der Waals surface area (Å²) in [5.74, 6) is -0.697. The molecule has 0 saturated carbocycles. The number of nitrogens with zero attached hydrogens (tertiary/aromatic N) is 1. The average molecular weight is 348 g/mol. The Balaban J connectivity index is 1.85. The lowest BCUT2D eigenvalue weighted by Crippen LogP contribution is -2.31. The van der Waals surface area contributed by atoms with E-state index in [1.807, 2.05) is 19.1 Å². The number of halogens is 2. The topological polar surface area (TPSA) is 37.4 Å². The van der Waals surface area contributed by atoms with Gasteiger partial charge in [0.1, 0.15) is 0 Å². The highest BCUT2D eigenvalue weighted by atomic mass is 35.5. The third-order valence-electron chi connectivity index (χ3n) is 4.12. The number of carbonyl (C=O) groups is 2. The van der Waals surface area contributed by atoms with Crippen LogP contribution in [0.3, 0.4) is 0 Å². The van der Waals surface area contributed by atoms with E-state index in [0.717, 1.165) is 11.1 Å². The molecule has 0 spiro atoms. The lowest BCUT2D eigenvalue weighted by atomic mass is 9.98. The second kappa shape index (κ2) is 6.34. The van der Waals surface area contributed by atoms with Crippen LogP contribution >= 0.6 is 23.2 Å². The Morgan fingerprint density at radius 3 is 2.48 bits per heavy atom. The van der Waals surface area contributed by atoms with Gasteiger partial charge >= 0.3 is 0 Å². The first-order chi connectivity index (χ1) is 11.0. The second-order valence-electron chi connectivity index (χ2n) is 5.68. The molecule has 2 aromatic rings. The maximum Gasteiger partial charge on any atom is 0.237 e. The molecule has 1 saturated heterocycles. The summed E-state index contributed by atoms with van der Waals surface area (Å²) in [6.07, 6.45) is 0.741. The molecule has 0 bridgehead atoms. The molecule has 2 amide bonds. The molecule has 1 fully saturated rings. The minimum absolute atomic E-state index is 0.171. The zero-order valence-corrected chi connectivity index (χ0v) is 14.1. The smallest absolute Gasteiger partial charge is 0.237 e. The van der Waals surface area contributed by atoms with E-state index in [0.29, 0.717) is 22.2 Å². The van der Waals surface area contributed by atoms with Crippen LogP contribution in [0.15, 0.2) is 42.5 Å². The van der Waals surface area contributed by atoms with Crippen LogP contribution in [-0.2, 0) is 16.0 Å². The molecule has 1 heterocycles. The summed E-state index contributed by atoms with van der Waals surface area (Å²) in [4.78, 5) is 26.3. The van der Waals surface area contributed by atoms with Crippen molar-refractivity contribution >= 4 is 40.7 Å². The highest BCUT2D eigenvalue weighted by molar-refractivity contribution is 6.32. The Labute approximate surface area is 144 Å². The van der Waals surface area contributed by atoms with Gasteiger partial charge in [-0.05, 0) is 48.7 Å². The SMILES string of the molecule is Cc1c(Cl)cccc1N1C(=O)C[C@@H](Cc2ccc(Cl)cc2)C1=O. The van der Waals surface area contributed by atoms with Gasteiger partial charge in [0.25, 0.3) is 0 Å². The highest BCUT2D eigenvalue weighted by Crippen LogP contribution is 2.33. The molecule has 3 nitrogen and oxygen atoms in total. The maximum absolute atomic E-state index is 12.7. The number of carbonyl (C=O) groups excluding carboxylic acids is 2. The van der Waals surface area contributed by atoms with Crippen LogP contribution in [0, 0.1) is 12.8 Å². The maximum atomic E-state index is 12.7. The van der Waals surface area contributed by atoms with Gasteiger partial charge in [-0.1, -0.05) is 41.4 Å². The number of hydrogen-bond acceptors (Lipinski definition) is 2. The molecular formula is C18H15Cl2NO2. The molecular weight excluding hydrogens is 333 g/mol. The highest BCUT2D eigenvalue weighted by Gasteiger charge is 2.40. The van der Waals surface area contributed by atoms with Crippen molar-refractivity contribution in [3.8, 4) is 0 Å². The number of hydrogen-bond donors (Lipinski definition) is 0. The quantitative estimate of drug-likeness (QED) is 0.770. The third kappa shape index (κ3) is 3.12. The third-order valence-corrected chi connectivity index (χ3v) is 4.78. The van der Waals surface area contributed by atoms with Gasteiger partial charge in [-0.3, -0.25) is 9.59 Å². The van der Waals surface area contributed by atoms with Crippen LogP contribution in [0.25, 0.3) is 0 Å². The summed E-state index contributed by atoms with van der Waals surface area (Å²) >= 11 is 12.0. The van der Waals surface area contributed by atoms with Crippen molar-refractivity contribution in [3.05, 3.63) is 63.6 Å². The van der Waals surface area contributed by atoms with Crippen molar-refractivity contribution in [1.29, 1.82) is 0 Å². The molecule has 1 aliphatic rings. The first kappa shape index (κ1) is 16.0. The normalized spacial score (nSPS) is 17.9. The monoisotopic (exact) mass is 347 g/mol. The molecule has 1 atom stereocenters.